The number of urea groups is 1. The minimum absolute atomic E-state index is 0.0996. The second-order valence-electron chi connectivity index (χ2n) is 8.90. The lowest BCUT2D eigenvalue weighted by Crippen LogP contribution is -2.37. The molecule has 0 aliphatic carbocycles. The second-order valence-corrected chi connectivity index (χ2v) is 8.90. The normalized spacial score (nSPS) is 20.2. The zero-order chi connectivity index (χ0) is 22.9. The highest BCUT2D eigenvalue weighted by Crippen LogP contribution is 2.35. The van der Waals surface area contributed by atoms with E-state index in [1.807, 2.05) is 29.2 Å². The first-order valence-electron chi connectivity index (χ1n) is 11.5. The molecule has 5 rings (SSSR count). The Morgan fingerprint density at radius 3 is 2.88 bits per heavy atom. The first-order valence-corrected chi connectivity index (χ1v) is 11.5. The molecule has 2 fully saturated rings. The van der Waals surface area contributed by atoms with Gasteiger partial charge in [-0.15, -0.1) is 0 Å². The Morgan fingerprint density at radius 2 is 2.09 bits per heavy atom. The van der Waals surface area contributed by atoms with E-state index in [9.17, 15) is 4.79 Å². The topological polar surface area (TPSA) is 82.6 Å². The highest BCUT2D eigenvalue weighted by molar-refractivity contribution is 5.99. The van der Waals surface area contributed by atoms with E-state index in [0.29, 0.717) is 29.2 Å². The molecule has 2 aliphatic rings. The summed E-state index contributed by atoms with van der Waals surface area (Å²) in [6.45, 7) is 4.79. The largest absolute Gasteiger partial charge is 0.494 e. The number of amides is 2. The summed E-state index contributed by atoms with van der Waals surface area (Å²) in [5, 5.41) is 7.29. The number of hydrogen-bond donors (Lipinski definition) is 2. The van der Waals surface area contributed by atoms with Gasteiger partial charge in [-0.2, -0.15) is 0 Å². The zero-order valence-electron chi connectivity index (χ0n) is 19.3. The van der Waals surface area contributed by atoms with E-state index >= 15 is 0 Å². The number of methoxy groups -OCH3 is 1. The molecule has 2 aliphatic heterocycles. The minimum Gasteiger partial charge on any atom is -0.494 e. The van der Waals surface area contributed by atoms with Gasteiger partial charge in [0.2, 0.25) is 0 Å². The van der Waals surface area contributed by atoms with Crippen LogP contribution in [0.25, 0.3) is 10.9 Å². The number of likely N-dealkylation sites (N-methyl/N-ethyl adjacent to an activating group) is 1. The number of carbonyl (C=O) groups is 1. The van der Waals surface area contributed by atoms with Crippen molar-refractivity contribution in [3.8, 4) is 5.75 Å². The summed E-state index contributed by atoms with van der Waals surface area (Å²) in [4.78, 5) is 26.2. The Morgan fingerprint density at radius 1 is 1.21 bits per heavy atom. The summed E-state index contributed by atoms with van der Waals surface area (Å²) in [5.74, 6) is 1.82. The predicted octanol–water partition coefficient (Wildman–Crippen LogP) is 4.11. The fourth-order valence-corrected chi connectivity index (χ4v) is 4.99. The van der Waals surface area contributed by atoms with E-state index in [1.165, 1.54) is 11.9 Å². The standard InChI is InChI=1S/C25H30N6O2/c1-4-16-6-5-7-18(10-16)28-24-19-11-21(23(33-3)12-20(19)26-15-27-24)29-25(32)31-13-17-8-9-30(2)22(17)14-31/h5-7,10-12,15,17,22H,4,8-9,13-14H2,1-3H3,(H,29,32)(H,26,27,28)/t17-,22+/m1/s1. The second kappa shape index (κ2) is 8.86. The smallest absolute Gasteiger partial charge is 0.322 e. The van der Waals surface area contributed by atoms with Gasteiger partial charge in [-0.05, 0) is 56.1 Å². The Balaban J connectivity index is 1.42. The molecule has 8 nitrogen and oxygen atoms in total. The molecule has 2 aromatic carbocycles. The number of benzene rings is 2. The van der Waals surface area contributed by atoms with Gasteiger partial charge in [0.15, 0.2) is 0 Å². The highest BCUT2D eigenvalue weighted by atomic mass is 16.5. The number of likely N-dealkylation sites (tertiary alicyclic amines) is 2. The van der Waals surface area contributed by atoms with E-state index in [-0.39, 0.29) is 6.03 Å². The summed E-state index contributed by atoms with van der Waals surface area (Å²) in [7, 11) is 3.74. The number of aromatic nitrogens is 2. The average Bonchev–Trinajstić information content (AvgIpc) is 3.41. The molecular formula is C25H30N6O2. The van der Waals surface area contributed by atoms with Gasteiger partial charge < -0.3 is 25.2 Å². The molecule has 2 atom stereocenters. The van der Waals surface area contributed by atoms with Crippen molar-refractivity contribution in [2.75, 3.05) is 44.4 Å². The Hall–Kier alpha value is -3.39. The van der Waals surface area contributed by atoms with Gasteiger partial charge in [-0.3, -0.25) is 0 Å². The van der Waals surface area contributed by atoms with E-state index in [4.69, 9.17) is 4.74 Å². The van der Waals surface area contributed by atoms with Gasteiger partial charge in [-0.25, -0.2) is 14.8 Å². The van der Waals surface area contributed by atoms with Crippen molar-refractivity contribution in [1.29, 1.82) is 0 Å². The van der Waals surface area contributed by atoms with Crippen LogP contribution < -0.4 is 15.4 Å². The number of aryl methyl sites for hydroxylation is 1. The number of nitrogens with zero attached hydrogens (tertiary/aromatic N) is 4. The van der Waals surface area contributed by atoms with Crippen molar-refractivity contribution in [1.82, 2.24) is 19.8 Å². The van der Waals surface area contributed by atoms with Gasteiger partial charge in [0.05, 0.1) is 18.3 Å². The molecule has 0 bridgehead atoms. The van der Waals surface area contributed by atoms with Gasteiger partial charge in [0.25, 0.3) is 0 Å². The van der Waals surface area contributed by atoms with Gasteiger partial charge >= 0.3 is 6.03 Å². The maximum Gasteiger partial charge on any atom is 0.322 e. The summed E-state index contributed by atoms with van der Waals surface area (Å²) in [6, 6.07) is 12.3. The van der Waals surface area contributed by atoms with Crippen LogP contribution in [0.2, 0.25) is 0 Å². The highest BCUT2D eigenvalue weighted by Gasteiger charge is 2.41. The first kappa shape index (κ1) is 21.5. The Labute approximate surface area is 194 Å². The lowest BCUT2D eigenvalue weighted by atomic mass is 10.1. The molecular weight excluding hydrogens is 416 g/mol. The lowest BCUT2D eigenvalue weighted by molar-refractivity contribution is 0.213. The summed E-state index contributed by atoms with van der Waals surface area (Å²) in [5.41, 5.74) is 3.56. The molecule has 2 amide bonds. The molecule has 3 aromatic rings. The van der Waals surface area contributed by atoms with Crippen LogP contribution in [-0.4, -0.2) is 65.6 Å². The maximum atomic E-state index is 13.1. The van der Waals surface area contributed by atoms with Crippen LogP contribution in [0.1, 0.15) is 18.9 Å². The van der Waals surface area contributed by atoms with Crippen molar-refractivity contribution in [3.63, 3.8) is 0 Å². The predicted molar refractivity (Wildman–Crippen MR) is 130 cm³/mol. The SMILES string of the molecule is CCc1cccc(Nc2ncnc3cc(OC)c(NC(=O)N4C[C@H]5CCN(C)[C@H]5C4)cc23)c1. The number of hydrogen-bond acceptors (Lipinski definition) is 6. The van der Waals surface area contributed by atoms with Gasteiger partial charge in [0, 0.05) is 36.3 Å². The lowest BCUT2D eigenvalue weighted by Gasteiger charge is -2.22. The molecule has 1 aromatic heterocycles. The zero-order valence-corrected chi connectivity index (χ0v) is 19.3. The number of carbonyl (C=O) groups excluding carboxylic acids is 1. The van der Waals surface area contributed by atoms with Crippen LogP contribution in [0.15, 0.2) is 42.7 Å². The molecule has 0 unspecified atom stereocenters. The van der Waals surface area contributed by atoms with Crippen LogP contribution in [0.5, 0.6) is 5.75 Å². The third-order valence-corrected chi connectivity index (χ3v) is 6.91. The van der Waals surface area contributed by atoms with Crippen molar-refractivity contribution in [2.24, 2.45) is 5.92 Å². The Kier molecular flexibility index (Phi) is 5.76. The maximum absolute atomic E-state index is 13.1. The number of rotatable bonds is 5. The van der Waals surface area contributed by atoms with Crippen LogP contribution >= 0.6 is 0 Å². The van der Waals surface area contributed by atoms with Crippen molar-refractivity contribution < 1.29 is 9.53 Å². The van der Waals surface area contributed by atoms with Gasteiger partial charge in [0.1, 0.15) is 17.9 Å². The molecule has 2 saturated heterocycles. The van der Waals surface area contributed by atoms with Gasteiger partial charge in [-0.1, -0.05) is 19.1 Å². The molecule has 0 saturated carbocycles. The van der Waals surface area contributed by atoms with Crippen LogP contribution in [-0.2, 0) is 6.42 Å². The fraction of sp³-hybridized carbons (Fsp3) is 0.400. The number of ether oxygens (including phenoxy) is 1. The third-order valence-electron chi connectivity index (χ3n) is 6.91. The molecule has 0 spiro atoms. The van der Waals surface area contributed by atoms with E-state index in [0.717, 1.165) is 49.1 Å². The third kappa shape index (κ3) is 4.18. The molecule has 172 valence electrons. The van der Waals surface area contributed by atoms with Crippen LogP contribution in [0.4, 0.5) is 22.0 Å². The molecule has 33 heavy (non-hydrogen) atoms. The summed E-state index contributed by atoms with van der Waals surface area (Å²) < 4.78 is 5.57. The van der Waals surface area contributed by atoms with Crippen molar-refractivity contribution in [3.05, 3.63) is 48.3 Å². The monoisotopic (exact) mass is 446 g/mol. The first-order chi connectivity index (χ1) is 16.1. The minimum atomic E-state index is -0.0996. The van der Waals surface area contributed by atoms with Crippen LogP contribution in [0.3, 0.4) is 0 Å². The van der Waals surface area contributed by atoms with Crippen molar-refractivity contribution >= 4 is 34.1 Å². The average molecular weight is 447 g/mol. The number of nitrogens with one attached hydrogen (secondary N) is 2. The molecule has 0 radical (unpaired) electrons. The number of anilines is 3. The van der Waals surface area contributed by atoms with E-state index in [2.05, 4.69) is 51.6 Å². The molecule has 2 N–H and O–H groups in total. The van der Waals surface area contributed by atoms with Crippen molar-refractivity contribution in [2.45, 2.75) is 25.8 Å². The molecule has 8 heteroatoms. The van der Waals surface area contributed by atoms with Crippen LogP contribution in [0, 0.1) is 5.92 Å². The van der Waals surface area contributed by atoms with E-state index in [1.54, 1.807) is 7.11 Å². The Bertz CT molecular complexity index is 1180. The fourth-order valence-electron chi connectivity index (χ4n) is 4.99. The quantitative estimate of drug-likeness (QED) is 0.614. The summed E-state index contributed by atoms with van der Waals surface area (Å²) in [6.07, 6.45) is 3.64. The van der Waals surface area contributed by atoms with E-state index < -0.39 is 0 Å². The summed E-state index contributed by atoms with van der Waals surface area (Å²) >= 11 is 0. The molecule has 3 heterocycles. The number of fused-ring (bicyclic) bond motifs is 2.